The van der Waals surface area contributed by atoms with Gasteiger partial charge in [-0.15, -0.1) is 6.58 Å². The number of halogens is 2. The molecule has 0 spiro atoms. The van der Waals surface area contributed by atoms with Crippen LogP contribution in [0.4, 0.5) is 4.39 Å². The van der Waals surface area contributed by atoms with Gasteiger partial charge in [0.05, 0.1) is 6.10 Å². The number of rotatable bonds is 4. The van der Waals surface area contributed by atoms with Crippen molar-refractivity contribution >= 4 is 24.2 Å². The van der Waals surface area contributed by atoms with Gasteiger partial charge < -0.3 is 4.43 Å². The maximum absolute atomic E-state index is 14.0. The Bertz CT molecular complexity index is 445. The molecule has 0 bridgehead atoms. The van der Waals surface area contributed by atoms with E-state index in [0.717, 1.165) is 4.47 Å². The van der Waals surface area contributed by atoms with Crippen molar-refractivity contribution in [3.63, 3.8) is 0 Å². The zero-order valence-corrected chi connectivity index (χ0v) is 14.8. The predicted octanol–water partition coefficient (Wildman–Crippen LogP) is 5.84. The van der Waals surface area contributed by atoms with Gasteiger partial charge in [0.15, 0.2) is 8.32 Å². The number of hydrogen-bond donors (Lipinski definition) is 0. The minimum absolute atomic E-state index is 0.0754. The highest BCUT2D eigenvalue weighted by Gasteiger charge is 2.39. The minimum Gasteiger partial charge on any atom is -0.406 e. The average molecular weight is 345 g/mol. The van der Waals surface area contributed by atoms with Gasteiger partial charge in [0.1, 0.15) is 5.82 Å². The molecule has 1 aromatic carbocycles. The Morgan fingerprint density at radius 2 is 1.95 bits per heavy atom. The van der Waals surface area contributed by atoms with Gasteiger partial charge in [0, 0.05) is 10.0 Å². The first-order valence-electron chi connectivity index (χ1n) is 6.34. The minimum atomic E-state index is -1.98. The second kappa shape index (κ2) is 5.90. The fourth-order valence-corrected chi connectivity index (χ4v) is 3.27. The molecule has 0 heterocycles. The second-order valence-electron chi connectivity index (χ2n) is 6.17. The summed E-state index contributed by atoms with van der Waals surface area (Å²) in [5, 5.41) is 0.0754. The standard InChI is InChI=1S/C15H22BrFOSi/c1-7-13(18-19(5,6)15(2,3)4)14-11(16)9-8-10-12(14)17/h7-10,13H,1H2,2-6H3. The molecular weight excluding hydrogens is 323 g/mol. The monoisotopic (exact) mass is 344 g/mol. The normalized spacial score (nSPS) is 14.3. The highest BCUT2D eigenvalue weighted by atomic mass is 79.9. The Kier molecular flexibility index (Phi) is 5.15. The van der Waals surface area contributed by atoms with Gasteiger partial charge >= 0.3 is 0 Å². The van der Waals surface area contributed by atoms with E-state index in [-0.39, 0.29) is 10.9 Å². The van der Waals surface area contributed by atoms with E-state index in [2.05, 4.69) is 56.4 Å². The summed E-state index contributed by atoms with van der Waals surface area (Å²) in [6.45, 7) is 14.6. The summed E-state index contributed by atoms with van der Waals surface area (Å²) in [6.07, 6.45) is 1.25. The average Bonchev–Trinajstić information content (AvgIpc) is 2.25. The van der Waals surface area contributed by atoms with Crippen LogP contribution >= 0.6 is 15.9 Å². The van der Waals surface area contributed by atoms with Crippen molar-refractivity contribution in [2.24, 2.45) is 0 Å². The lowest BCUT2D eigenvalue weighted by atomic mass is 10.1. The third-order valence-electron chi connectivity index (χ3n) is 3.73. The van der Waals surface area contributed by atoms with Crippen molar-refractivity contribution in [2.75, 3.05) is 0 Å². The van der Waals surface area contributed by atoms with Crippen molar-refractivity contribution in [3.05, 3.63) is 46.7 Å². The number of hydrogen-bond acceptors (Lipinski definition) is 1. The van der Waals surface area contributed by atoms with Crippen LogP contribution in [0.3, 0.4) is 0 Å². The van der Waals surface area contributed by atoms with Crippen LogP contribution in [0.1, 0.15) is 32.4 Å². The predicted molar refractivity (Wildman–Crippen MR) is 85.3 cm³/mol. The third-order valence-corrected chi connectivity index (χ3v) is 8.87. The Balaban J connectivity index is 3.13. The smallest absolute Gasteiger partial charge is 0.193 e. The van der Waals surface area contributed by atoms with E-state index in [0.29, 0.717) is 5.56 Å². The van der Waals surface area contributed by atoms with Crippen molar-refractivity contribution in [2.45, 2.75) is 45.0 Å². The summed E-state index contributed by atoms with van der Waals surface area (Å²) in [5.41, 5.74) is 0.530. The zero-order valence-electron chi connectivity index (χ0n) is 12.3. The molecule has 1 nitrogen and oxygen atoms in total. The van der Waals surface area contributed by atoms with Crippen LogP contribution in [-0.2, 0) is 4.43 Å². The molecule has 1 unspecified atom stereocenters. The topological polar surface area (TPSA) is 9.23 Å². The molecule has 0 aromatic heterocycles. The van der Waals surface area contributed by atoms with E-state index in [1.165, 1.54) is 6.07 Å². The van der Waals surface area contributed by atoms with E-state index in [1.54, 1.807) is 12.1 Å². The Labute approximate surface area is 125 Å². The quantitative estimate of drug-likeness (QED) is 0.492. The first-order chi connectivity index (χ1) is 8.60. The molecule has 0 aliphatic heterocycles. The molecule has 19 heavy (non-hydrogen) atoms. The molecule has 1 rings (SSSR count). The first-order valence-corrected chi connectivity index (χ1v) is 10.0. The van der Waals surface area contributed by atoms with E-state index in [9.17, 15) is 4.39 Å². The van der Waals surface area contributed by atoms with Gasteiger partial charge in [-0.2, -0.15) is 0 Å². The van der Waals surface area contributed by atoms with Crippen molar-refractivity contribution in [3.8, 4) is 0 Å². The first kappa shape index (κ1) is 16.6. The molecule has 0 N–H and O–H groups in total. The van der Waals surface area contributed by atoms with Crippen LogP contribution < -0.4 is 0 Å². The van der Waals surface area contributed by atoms with Crippen molar-refractivity contribution in [1.29, 1.82) is 0 Å². The van der Waals surface area contributed by atoms with Crippen LogP contribution in [0.5, 0.6) is 0 Å². The Morgan fingerprint density at radius 1 is 1.37 bits per heavy atom. The zero-order chi connectivity index (χ0) is 14.8. The molecular formula is C15H22BrFOSi. The molecule has 0 aliphatic carbocycles. The molecule has 0 fully saturated rings. The Morgan fingerprint density at radius 3 is 2.37 bits per heavy atom. The maximum Gasteiger partial charge on any atom is 0.193 e. The van der Waals surface area contributed by atoms with Crippen LogP contribution in [0.25, 0.3) is 0 Å². The molecule has 106 valence electrons. The molecule has 0 radical (unpaired) electrons. The van der Waals surface area contributed by atoms with Crippen molar-refractivity contribution in [1.82, 2.24) is 0 Å². The highest BCUT2D eigenvalue weighted by molar-refractivity contribution is 9.10. The van der Waals surface area contributed by atoms with E-state index < -0.39 is 14.4 Å². The van der Waals surface area contributed by atoms with Gasteiger partial charge in [-0.05, 0) is 30.3 Å². The summed E-state index contributed by atoms with van der Waals surface area (Å²) >= 11 is 3.39. The lowest BCUT2D eigenvalue weighted by Crippen LogP contribution is -2.41. The fraction of sp³-hybridized carbons (Fsp3) is 0.467. The largest absolute Gasteiger partial charge is 0.406 e. The highest BCUT2D eigenvalue weighted by Crippen LogP contribution is 2.41. The fourth-order valence-electron chi connectivity index (χ4n) is 1.50. The van der Waals surface area contributed by atoms with Crippen LogP contribution in [0, 0.1) is 5.82 Å². The maximum atomic E-state index is 14.0. The van der Waals surface area contributed by atoms with Gasteiger partial charge in [0.2, 0.25) is 0 Å². The number of benzene rings is 1. The summed E-state index contributed by atoms with van der Waals surface area (Å²) in [6, 6.07) is 4.95. The van der Waals surface area contributed by atoms with Gasteiger partial charge in [0.25, 0.3) is 0 Å². The molecule has 1 aromatic rings. The molecule has 0 amide bonds. The second-order valence-corrected chi connectivity index (χ2v) is 11.8. The Hall–Kier alpha value is -0.453. The van der Waals surface area contributed by atoms with Gasteiger partial charge in [-0.1, -0.05) is 48.8 Å². The van der Waals surface area contributed by atoms with Gasteiger partial charge in [-0.3, -0.25) is 0 Å². The van der Waals surface area contributed by atoms with Crippen LogP contribution in [-0.4, -0.2) is 8.32 Å². The molecule has 0 saturated heterocycles. The third kappa shape index (κ3) is 3.77. The van der Waals surface area contributed by atoms with Crippen molar-refractivity contribution < 1.29 is 8.82 Å². The van der Waals surface area contributed by atoms with E-state index in [1.807, 2.05) is 6.07 Å². The van der Waals surface area contributed by atoms with Crippen LogP contribution in [0.15, 0.2) is 35.3 Å². The summed E-state index contributed by atoms with van der Waals surface area (Å²) in [7, 11) is -1.98. The summed E-state index contributed by atoms with van der Waals surface area (Å²) in [5.74, 6) is -0.266. The summed E-state index contributed by atoms with van der Waals surface area (Å²) < 4.78 is 21.0. The molecule has 1 atom stereocenters. The van der Waals surface area contributed by atoms with E-state index >= 15 is 0 Å². The van der Waals surface area contributed by atoms with Crippen LogP contribution in [0.2, 0.25) is 18.1 Å². The lowest BCUT2D eigenvalue weighted by molar-refractivity contribution is 0.224. The lowest BCUT2D eigenvalue weighted by Gasteiger charge is -2.38. The molecule has 0 aliphatic rings. The SMILES string of the molecule is C=CC(O[Si](C)(C)C(C)(C)C)c1c(F)cccc1Br. The molecule has 4 heteroatoms. The summed E-state index contributed by atoms with van der Waals surface area (Å²) in [4.78, 5) is 0. The molecule has 0 saturated carbocycles. The van der Waals surface area contributed by atoms with Gasteiger partial charge in [-0.25, -0.2) is 4.39 Å². The van der Waals surface area contributed by atoms with E-state index in [4.69, 9.17) is 4.43 Å².